The molecule has 2 amide bonds. The van der Waals surface area contributed by atoms with Crippen LogP contribution in [0.25, 0.3) is 0 Å². The molecule has 1 aliphatic heterocycles. The Labute approximate surface area is 109 Å². The second kappa shape index (κ2) is 6.18. The third-order valence-corrected chi connectivity index (χ3v) is 3.64. The molecule has 0 bridgehead atoms. The number of rotatable bonds is 6. The largest absolute Gasteiger partial charge is 0.368 e. The Hall–Kier alpha value is -1.10. The molecule has 18 heavy (non-hydrogen) atoms. The van der Waals surface area contributed by atoms with Crippen molar-refractivity contribution < 1.29 is 9.59 Å². The minimum Gasteiger partial charge on any atom is -0.368 e. The molecule has 1 saturated heterocycles. The molecule has 3 N–H and O–H groups in total. The summed E-state index contributed by atoms with van der Waals surface area (Å²) in [4.78, 5) is 25.4. The zero-order valence-corrected chi connectivity index (χ0v) is 11.7. The van der Waals surface area contributed by atoms with Crippen LogP contribution in [-0.4, -0.2) is 42.4 Å². The predicted octanol–water partition coefficient (Wildman–Crippen LogP) is 0.489. The third-order valence-electron chi connectivity index (χ3n) is 3.64. The van der Waals surface area contributed by atoms with Gasteiger partial charge in [-0.05, 0) is 33.2 Å². The number of nitrogens with one attached hydrogen (secondary N) is 1. The zero-order valence-electron chi connectivity index (χ0n) is 11.7. The van der Waals surface area contributed by atoms with Gasteiger partial charge in [0.05, 0.1) is 12.0 Å². The Morgan fingerprint density at radius 3 is 2.50 bits per heavy atom. The van der Waals surface area contributed by atoms with Crippen molar-refractivity contribution in [3.05, 3.63) is 0 Å². The molecular formula is C13H25N3O2. The number of nitrogens with two attached hydrogens (primary N) is 1. The molecule has 1 atom stereocenters. The molecule has 0 saturated carbocycles. The highest BCUT2D eigenvalue weighted by Gasteiger charge is 2.43. The van der Waals surface area contributed by atoms with E-state index in [0.717, 1.165) is 25.8 Å². The molecule has 1 unspecified atom stereocenters. The fourth-order valence-corrected chi connectivity index (χ4v) is 2.69. The fraction of sp³-hybridized carbons (Fsp3) is 0.846. The summed E-state index contributed by atoms with van der Waals surface area (Å²) < 4.78 is 0. The first kappa shape index (κ1) is 15.0. The van der Waals surface area contributed by atoms with Crippen molar-refractivity contribution in [3.63, 3.8) is 0 Å². The molecule has 0 aromatic rings. The lowest BCUT2D eigenvalue weighted by molar-refractivity contribution is -0.146. The summed E-state index contributed by atoms with van der Waals surface area (Å²) in [6, 6.07) is -0.000619. The summed E-state index contributed by atoms with van der Waals surface area (Å²) >= 11 is 0. The summed E-state index contributed by atoms with van der Waals surface area (Å²) in [5, 5.41) is 3.26. The van der Waals surface area contributed by atoms with Crippen LogP contribution in [0, 0.1) is 5.41 Å². The van der Waals surface area contributed by atoms with Crippen LogP contribution in [0.5, 0.6) is 0 Å². The maximum atomic E-state index is 12.7. The fourth-order valence-electron chi connectivity index (χ4n) is 2.69. The molecule has 5 heteroatoms. The first-order chi connectivity index (χ1) is 8.43. The minimum absolute atomic E-state index is 0.000619. The second-order valence-corrected chi connectivity index (χ2v) is 5.45. The average Bonchev–Trinajstić information content (AvgIpc) is 2.74. The van der Waals surface area contributed by atoms with Gasteiger partial charge in [0.15, 0.2) is 0 Å². The highest BCUT2D eigenvalue weighted by atomic mass is 16.2. The molecule has 1 fully saturated rings. The SMILES string of the molecule is CCCC1(C(=O)N(CC(N)=O)C(C)C)CCNC1. The van der Waals surface area contributed by atoms with Crippen LogP contribution in [0.2, 0.25) is 0 Å². The van der Waals surface area contributed by atoms with Gasteiger partial charge in [-0.15, -0.1) is 0 Å². The maximum absolute atomic E-state index is 12.7. The van der Waals surface area contributed by atoms with Crippen molar-refractivity contribution in [3.8, 4) is 0 Å². The van der Waals surface area contributed by atoms with Crippen LogP contribution < -0.4 is 11.1 Å². The van der Waals surface area contributed by atoms with Gasteiger partial charge in [-0.2, -0.15) is 0 Å². The van der Waals surface area contributed by atoms with Crippen molar-refractivity contribution in [2.24, 2.45) is 11.1 Å². The van der Waals surface area contributed by atoms with Crippen LogP contribution in [0.3, 0.4) is 0 Å². The van der Waals surface area contributed by atoms with Gasteiger partial charge in [0, 0.05) is 12.6 Å². The lowest BCUT2D eigenvalue weighted by atomic mass is 9.80. The molecule has 5 nitrogen and oxygen atoms in total. The predicted molar refractivity (Wildman–Crippen MR) is 70.9 cm³/mol. The number of hydrogen-bond acceptors (Lipinski definition) is 3. The van der Waals surface area contributed by atoms with Crippen LogP contribution in [0.4, 0.5) is 0 Å². The van der Waals surface area contributed by atoms with Gasteiger partial charge < -0.3 is 16.0 Å². The van der Waals surface area contributed by atoms with Gasteiger partial charge in [-0.25, -0.2) is 0 Å². The van der Waals surface area contributed by atoms with Crippen molar-refractivity contribution in [2.75, 3.05) is 19.6 Å². The quantitative estimate of drug-likeness (QED) is 0.725. The molecule has 1 rings (SSSR count). The number of amides is 2. The summed E-state index contributed by atoms with van der Waals surface area (Å²) in [6.45, 7) is 7.52. The number of carbonyl (C=O) groups excluding carboxylic acids is 2. The molecular weight excluding hydrogens is 230 g/mol. The maximum Gasteiger partial charge on any atom is 0.237 e. The van der Waals surface area contributed by atoms with Gasteiger partial charge in [0.2, 0.25) is 11.8 Å². The second-order valence-electron chi connectivity index (χ2n) is 5.45. The third kappa shape index (κ3) is 3.22. The summed E-state index contributed by atoms with van der Waals surface area (Å²) in [5.74, 6) is -0.377. The first-order valence-electron chi connectivity index (χ1n) is 6.73. The topological polar surface area (TPSA) is 75.4 Å². The Bertz CT molecular complexity index is 309. The first-order valence-corrected chi connectivity index (χ1v) is 6.73. The highest BCUT2D eigenvalue weighted by molar-refractivity contribution is 5.88. The molecule has 104 valence electrons. The molecule has 0 aliphatic carbocycles. The molecule has 0 aromatic heterocycles. The van der Waals surface area contributed by atoms with E-state index in [4.69, 9.17) is 5.73 Å². The van der Waals surface area contributed by atoms with E-state index in [1.165, 1.54) is 0 Å². The van der Waals surface area contributed by atoms with Crippen LogP contribution in [0.15, 0.2) is 0 Å². The van der Waals surface area contributed by atoms with E-state index in [1.54, 1.807) is 4.90 Å². The van der Waals surface area contributed by atoms with Crippen LogP contribution in [-0.2, 0) is 9.59 Å². The van der Waals surface area contributed by atoms with Gasteiger partial charge in [-0.3, -0.25) is 9.59 Å². The smallest absolute Gasteiger partial charge is 0.237 e. The van der Waals surface area contributed by atoms with Gasteiger partial charge in [0.25, 0.3) is 0 Å². The Morgan fingerprint density at radius 1 is 1.44 bits per heavy atom. The van der Waals surface area contributed by atoms with Crippen molar-refractivity contribution in [1.82, 2.24) is 10.2 Å². The van der Waals surface area contributed by atoms with E-state index >= 15 is 0 Å². The highest BCUT2D eigenvalue weighted by Crippen LogP contribution is 2.33. The summed E-state index contributed by atoms with van der Waals surface area (Å²) in [5.41, 5.74) is 4.90. The molecule has 1 aliphatic rings. The van der Waals surface area contributed by atoms with E-state index in [2.05, 4.69) is 12.2 Å². The molecule has 0 spiro atoms. The Kier molecular flexibility index (Phi) is 5.14. The average molecular weight is 255 g/mol. The van der Waals surface area contributed by atoms with Crippen LogP contribution in [0.1, 0.15) is 40.0 Å². The van der Waals surface area contributed by atoms with Crippen LogP contribution >= 0.6 is 0 Å². The summed E-state index contributed by atoms with van der Waals surface area (Å²) in [7, 11) is 0. The molecule has 1 heterocycles. The van der Waals surface area contributed by atoms with Crippen molar-refractivity contribution in [1.29, 1.82) is 0 Å². The lowest BCUT2D eigenvalue weighted by Gasteiger charge is -2.35. The van der Waals surface area contributed by atoms with E-state index in [0.29, 0.717) is 6.54 Å². The van der Waals surface area contributed by atoms with E-state index < -0.39 is 5.91 Å². The Balaban J connectivity index is 2.88. The number of primary amides is 1. The lowest BCUT2D eigenvalue weighted by Crippen LogP contribution is -2.51. The monoisotopic (exact) mass is 255 g/mol. The number of carbonyl (C=O) groups is 2. The van der Waals surface area contributed by atoms with E-state index in [-0.39, 0.29) is 23.9 Å². The Morgan fingerprint density at radius 2 is 2.11 bits per heavy atom. The van der Waals surface area contributed by atoms with E-state index in [1.807, 2.05) is 13.8 Å². The minimum atomic E-state index is -0.449. The van der Waals surface area contributed by atoms with Gasteiger partial charge >= 0.3 is 0 Å². The van der Waals surface area contributed by atoms with Crippen molar-refractivity contribution >= 4 is 11.8 Å². The standard InChI is InChI=1S/C13H25N3O2/c1-4-5-13(6-7-15-9-13)12(18)16(10(2)3)8-11(14)17/h10,15H,4-9H2,1-3H3,(H2,14,17). The van der Waals surface area contributed by atoms with Crippen molar-refractivity contribution in [2.45, 2.75) is 46.1 Å². The zero-order chi connectivity index (χ0) is 13.8. The molecule has 0 radical (unpaired) electrons. The number of nitrogens with zero attached hydrogens (tertiary/aromatic N) is 1. The van der Waals surface area contributed by atoms with Gasteiger partial charge in [-0.1, -0.05) is 13.3 Å². The normalized spacial score (nSPS) is 23.3. The number of hydrogen-bond donors (Lipinski definition) is 2. The van der Waals surface area contributed by atoms with E-state index in [9.17, 15) is 9.59 Å². The molecule has 0 aromatic carbocycles. The summed E-state index contributed by atoms with van der Waals surface area (Å²) in [6.07, 6.45) is 2.68. The van der Waals surface area contributed by atoms with Gasteiger partial charge in [0.1, 0.15) is 0 Å².